The minimum absolute atomic E-state index is 0.199. The van der Waals surface area contributed by atoms with Crippen LogP contribution >= 0.6 is 0 Å². The monoisotopic (exact) mass is 237 g/mol. The molecule has 0 amide bonds. The summed E-state index contributed by atoms with van der Waals surface area (Å²) < 4.78 is 0. The lowest BCUT2D eigenvalue weighted by molar-refractivity contribution is 0.0903. The van der Waals surface area contributed by atoms with E-state index < -0.39 is 6.10 Å². The summed E-state index contributed by atoms with van der Waals surface area (Å²) in [5.74, 6) is 0. The van der Waals surface area contributed by atoms with E-state index in [0.717, 1.165) is 18.5 Å². The lowest BCUT2D eigenvalue weighted by Crippen LogP contribution is -2.35. The van der Waals surface area contributed by atoms with Gasteiger partial charge in [-0.05, 0) is 25.8 Å². The zero-order valence-corrected chi connectivity index (χ0v) is 10.7. The third kappa shape index (κ3) is 4.86. The fraction of sp³-hybridized carbons (Fsp3) is 0.571. The second-order valence-electron chi connectivity index (χ2n) is 4.59. The van der Waals surface area contributed by atoms with E-state index in [1.807, 2.05) is 30.3 Å². The fourth-order valence-electron chi connectivity index (χ4n) is 1.84. The Hall–Kier alpha value is -0.900. The molecule has 0 fully saturated rings. The van der Waals surface area contributed by atoms with E-state index >= 15 is 0 Å². The Morgan fingerprint density at radius 1 is 1.18 bits per heavy atom. The summed E-state index contributed by atoms with van der Waals surface area (Å²) in [6, 6.07) is 10.1. The Labute approximate surface area is 104 Å². The molecular weight excluding hydrogens is 214 g/mol. The van der Waals surface area contributed by atoms with Gasteiger partial charge in [0.15, 0.2) is 0 Å². The first kappa shape index (κ1) is 14.2. The fourth-order valence-corrected chi connectivity index (χ4v) is 1.84. The molecule has 0 spiro atoms. The molecule has 17 heavy (non-hydrogen) atoms. The van der Waals surface area contributed by atoms with Gasteiger partial charge in [-0.2, -0.15) is 0 Å². The molecule has 0 saturated heterocycles. The first-order chi connectivity index (χ1) is 8.15. The average molecular weight is 237 g/mol. The lowest BCUT2D eigenvalue weighted by Gasteiger charge is -2.28. The molecule has 0 aliphatic carbocycles. The molecule has 1 atom stereocenters. The van der Waals surface area contributed by atoms with Crippen LogP contribution in [0.25, 0.3) is 0 Å². The second kappa shape index (κ2) is 7.43. The summed E-state index contributed by atoms with van der Waals surface area (Å²) in [5.41, 5.74) is 0.946. The number of rotatable bonds is 7. The van der Waals surface area contributed by atoms with E-state index in [1.54, 1.807) is 0 Å². The van der Waals surface area contributed by atoms with Crippen LogP contribution in [0.2, 0.25) is 0 Å². The van der Waals surface area contributed by atoms with E-state index in [1.165, 1.54) is 0 Å². The lowest BCUT2D eigenvalue weighted by atomic mass is 10.1. The van der Waals surface area contributed by atoms with Crippen LogP contribution in [0.4, 0.5) is 0 Å². The minimum Gasteiger partial charge on any atom is -0.396 e. The molecule has 3 heteroatoms. The Morgan fingerprint density at radius 2 is 1.82 bits per heavy atom. The summed E-state index contributed by atoms with van der Waals surface area (Å²) in [7, 11) is 0. The van der Waals surface area contributed by atoms with Crippen molar-refractivity contribution in [1.82, 2.24) is 4.90 Å². The van der Waals surface area contributed by atoms with Gasteiger partial charge in [0, 0.05) is 25.7 Å². The van der Waals surface area contributed by atoms with Crippen LogP contribution in [0, 0.1) is 0 Å². The standard InChI is InChI=1S/C14H23NO2/c1-12(2)15(9-6-10-16)11-14(17)13-7-4-3-5-8-13/h3-5,7-8,12,14,16-17H,6,9-11H2,1-2H3. The number of nitrogens with zero attached hydrogens (tertiary/aromatic N) is 1. The molecule has 0 aliphatic heterocycles. The molecule has 2 N–H and O–H groups in total. The van der Waals surface area contributed by atoms with Gasteiger partial charge in [0.05, 0.1) is 6.10 Å². The third-order valence-corrected chi connectivity index (χ3v) is 2.93. The molecule has 0 aliphatic rings. The zero-order valence-electron chi connectivity index (χ0n) is 10.7. The topological polar surface area (TPSA) is 43.7 Å². The van der Waals surface area contributed by atoms with E-state index in [0.29, 0.717) is 12.6 Å². The van der Waals surface area contributed by atoms with Gasteiger partial charge in [-0.3, -0.25) is 4.90 Å². The maximum Gasteiger partial charge on any atom is 0.0917 e. The molecular formula is C14H23NO2. The highest BCUT2D eigenvalue weighted by Crippen LogP contribution is 2.15. The van der Waals surface area contributed by atoms with E-state index in [9.17, 15) is 5.11 Å². The molecule has 3 nitrogen and oxygen atoms in total. The largest absolute Gasteiger partial charge is 0.396 e. The molecule has 1 unspecified atom stereocenters. The summed E-state index contributed by atoms with van der Waals surface area (Å²) in [6.45, 7) is 5.84. The van der Waals surface area contributed by atoms with Crippen molar-refractivity contribution in [2.45, 2.75) is 32.4 Å². The average Bonchev–Trinajstić information content (AvgIpc) is 2.35. The van der Waals surface area contributed by atoms with Crippen molar-refractivity contribution in [3.8, 4) is 0 Å². The van der Waals surface area contributed by atoms with Crippen LogP contribution < -0.4 is 0 Å². The molecule has 1 rings (SSSR count). The Bertz CT molecular complexity index is 300. The summed E-state index contributed by atoms with van der Waals surface area (Å²) in [4.78, 5) is 2.19. The van der Waals surface area contributed by atoms with Crippen molar-refractivity contribution in [2.75, 3.05) is 19.7 Å². The number of hydrogen-bond donors (Lipinski definition) is 2. The van der Waals surface area contributed by atoms with E-state index in [4.69, 9.17) is 5.11 Å². The highest BCUT2D eigenvalue weighted by atomic mass is 16.3. The quantitative estimate of drug-likeness (QED) is 0.760. The predicted octanol–water partition coefficient (Wildman–Crippen LogP) is 1.81. The van der Waals surface area contributed by atoms with Crippen LogP contribution in [-0.2, 0) is 0 Å². The van der Waals surface area contributed by atoms with Crippen molar-refractivity contribution in [1.29, 1.82) is 0 Å². The zero-order chi connectivity index (χ0) is 12.7. The van der Waals surface area contributed by atoms with Crippen molar-refractivity contribution in [3.63, 3.8) is 0 Å². The molecule has 0 bridgehead atoms. The van der Waals surface area contributed by atoms with E-state index in [-0.39, 0.29) is 6.61 Å². The van der Waals surface area contributed by atoms with Gasteiger partial charge in [0.2, 0.25) is 0 Å². The molecule has 0 saturated carbocycles. The first-order valence-corrected chi connectivity index (χ1v) is 6.23. The molecule has 1 aromatic rings. The summed E-state index contributed by atoms with van der Waals surface area (Å²) in [5, 5.41) is 19.0. The van der Waals surface area contributed by atoms with Gasteiger partial charge in [-0.25, -0.2) is 0 Å². The first-order valence-electron chi connectivity index (χ1n) is 6.23. The van der Waals surface area contributed by atoms with Crippen LogP contribution in [0.5, 0.6) is 0 Å². The highest BCUT2D eigenvalue weighted by Gasteiger charge is 2.15. The van der Waals surface area contributed by atoms with Gasteiger partial charge in [0.1, 0.15) is 0 Å². The second-order valence-corrected chi connectivity index (χ2v) is 4.59. The van der Waals surface area contributed by atoms with Gasteiger partial charge in [0.25, 0.3) is 0 Å². The minimum atomic E-state index is -0.461. The van der Waals surface area contributed by atoms with Gasteiger partial charge >= 0.3 is 0 Å². The Morgan fingerprint density at radius 3 is 2.35 bits per heavy atom. The number of aliphatic hydroxyl groups excluding tert-OH is 2. The summed E-state index contributed by atoms with van der Waals surface area (Å²) in [6.07, 6.45) is 0.289. The smallest absolute Gasteiger partial charge is 0.0917 e. The van der Waals surface area contributed by atoms with Gasteiger partial charge < -0.3 is 10.2 Å². The molecule has 0 heterocycles. The van der Waals surface area contributed by atoms with Crippen LogP contribution in [0.3, 0.4) is 0 Å². The van der Waals surface area contributed by atoms with Crippen LogP contribution in [-0.4, -0.2) is 40.9 Å². The predicted molar refractivity (Wildman–Crippen MR) is 69.8 cm³/mol. The SMILES string of the molecule is CC(C)N(CCCO)CC(O)c1ccccc1. The normalized spacial score (nSPS) is 13.3. The molecule has 0 aromatic heterocycles. The molecule has 0 radical (unpaired) electrons. The number of hydrogen-bond acceptors (Lipinski definition) is 3. The van der Waals surface area contributed by atoms with Gasteiger partial charge in [-0.1, -0.05) is 30.3 Å². The Balaban J connectivity index is 2.54. The maximum atomic E-state index is 10.1. The Kier molecular flexibility index (Phi) is 6.19. The number of benzene rings is 1. The molecule has 1 aromatic carbocycles. The number of aliphatic hydroxyl groups is 2. The van der Waals surface area contributed by atoms with Crippen molar-refractivity contribution in [2.24, 2.45) is 0 Å². The maximum absolute atomic E-state index is 10.1. The van der Waals surface area contributed by atoms with E-state index in [2.05, 4.69) is 18.7 Å². The van der Waals surface area contributed by atoms with Gasteiger partial charge in [-0.15, -0.1) is 0 Å². The highest BCUT2D eigenvalue weighted by molar-refractivity contribution is 5.17. The third-order valence-electron chi connectivity index (χ3n) is 2.93. The van der Waals surface area contributed by atoms with Crippen LogP contribution in [0.15, 0.2) is 30.3 Å². The van der Waals surface area contributed by atoms with Crippen molar-refractivity contribution < 1.29 is 10.2 Å². The van der Waals surface area contributed by atoms with Crippen LogP contribution in [0.1, 0.15) is 31.9 Å². The summed E-state index contributed by atoms with van der Waals surface area (Å²) >= 11 is 0. The molecule has 96 valence electrons. The van der Waals surface area contributed by atoms with Crippen molar-refractivity contribution >= 4 is 0 Å². The van der Waals surface area contributed by atoms with Crippen molar-refractivity contribution in [3.05, 3.63) is 35.9 Å².